The fourth-order valence-electron chi connectivity index (χ4n) is 3.93. The highest BCUT2D eigenvalue weighted by molar-refractivity contribution is 9.11. The zero-order valence-corrected chi connectivity index (χ0v) is 18.9. The van der Waals surface area contributed by atoms with Crippen LogP contribution in [0.1, 0.15) is 30.1 Å². The maximum absolute atomic E-state index is 13.0. The van der Waals surface area contributed by atoms with E-state index in [4.69, 9.17) is 10.9 Å². The van der Waals surface area contributed by atoms with Gasteiger partial charge in [0.2, 0.25) is 10.0 Å². The second-order valence-corrected chi connectivity index (χ2v) is 11.1. The molecule has 0 saturated carbocycles. The minimum Gasteiger partial charge on any atom is -0.384 e. The highest BCUT2D eigenvalue weighted by Gasteiger charge is 2.40. The van der Waals surface area contributed by atoms with Crippen molar-refractivity contribution in [2.45, 2.75) is 30.1 Å². The maximum atomic E-state index is 13.0. The fraction of sp³-hybridized carbons (Fsp3) is 0.200. The molecule has 1 aromatic carbocycles. The molecule has 0 amide bonds. The summed E-state index contributed by atoms with van der Waals surface area (Å²) in [7, 11) is -3.84. The predicted octanol–water partition coefficient (Wildman–Crippen LogP) is 3.46. The topological polar surface area (TPSA) is 130 Å². The zero-order chi connectivity index (χ0) is 21.6. The van der Waals surface area contributed by atoms with E-state index in [-0.39, 0.29) is 16.5 Å². The molecule has 0 unspecified atom stereocenters. The highest BCUT2D eigenvalue weighted by Crippen LogP contribution is 2.48. The molecule has 2 aromatic rings. The first-order chi connectivity index (χ1) is 14.2. The standard InChI is InChI=1S/C20H17BrN4O3S2/c21-17-9-8-16(29-17)18-13(10-22)20(23)25(14-2-1-3-15(26)19(14)18)11-4-6-12(7-5-11)30(24,27)28/h4-9,18H,1-3,23H2,(H2,24,27,28)/t18-/m0/s1. The number of nitrogens with two attached hydrogens (primary N) is 2. The molecule has 1 aromatic heterocycles. The molecule has 2 aliphatic rings. The molecule has 0 fully saturated rings. The fourth-order valence-corrected chi connectivity index (χ4v) is 5.99. The van der Waals surface area contributed by atoms with Crippen molar-refractivity contribution in [1.29, 1.82) is 5.26 Å². The SMILES string of the molecule is N#CC1=C(N)N(c2ccc(S(N)(=O)=O)cc2)C2=C(C(=O)CCC2)[C@@H]1c1ccc(Br)s1. The van der Waals surface area contributed by atoms with Gasteiger partial charge in [-0.2, -0.15) is 5.26 Å². The first kappa shape index (κ1) is 20.8. The molecular formula is C20H17BrN4O3S2. The number of nitriles is 1. The van der Waals surface area contributed by atoms with E-state index in [1.807, 2.05) is 12.1 Å². The second-order valence-electron chi connectivity index (χ2n) is 7.00. The van der Waals surface area contributed by atoms with Gasteiger partial charge in [-0.05, 0) is 65.2 Å². The Morgan fingerprint density at radius 3 is 2.43 bits per heavy atom. The summed E-state index contributed by atoms with van der Waals surface area (Å²) in [5.41, 5.74) is 8.67. The van der Waals surface area contributed by atoms with Gasteiger partial charge in [-0.15, -0.1) is 11.3 Å². The Morgan fingerprint density at radius 1 is 1.17 bits per heavy atom. The summed E-state index contributed by atoms with van der Waals surface area (Å²) in [6, 6.07) is 11.9. The molecule has 4 rings (SSSR count). The smallest absolute Gasteiger partial charge is 0.238 e. The van der Waals surface area contributed by atoms with E-state index in [0.29, 0.717) is 36.1 Å². The summed E-state index contributed by atoms with van der Waals surface area (Å²) in [5, 5.41) is 15.1. The van der Waals surface area contributed by atoms with Crippen LogP contribution in [0.3, 0.4) is 0 Å². The Kier molecular flexibility index (Phi) is 5.32. The molecule has 0 spiro atoms. The molecule has 1 aliphatic heterocycles. The lowest BCUT2D eigenvalue weighted by Crippen LogP contribution is -2.38. The number of primary sulfonamides is 1. The number of carbonyl (C=O) groups excluding carboxylic acids is 1. The van der Waals surface area contributed by atoms with Crippen molar-refractivity contribution in [3.05, 3.63) is 67.7 Å². The van der Waals surface area contributed by atoms with E-state index in [1.54, 1.807) is 17.0 Å². The molecule has 10 heteroatoms. The second kappa shape index (κ2) is 7.67. The molecule has 1 aliphatic carbocycles. The molecule has 154 valence electrons. The van der Waals surface area contributed by atoms with Gasteiger partial charge in [0.15, 0.2) is 5.78 Å². The largest absolute Gasteiger partial charge is 0.384 e. The van der Waals surface area contributed by atoms with Crippen molar-refractivity contribution in [2.24, 2.45) is 10.9 Å². The van der Waals surface area contributed by atoms with Crippen molar-refractivity contribution in [2.75, 3.05) is 4.90 Å². The number of nitrogens with zero attached hydrogens (tertiary/aromatic N) is 2. The molecule has 0 bridgehead atoms. The maximum Gasteiger partial charge on any atom is 0.238 e. The summed E-state index contributed by atoms with van der Waals surface area (Å²) >= 11 is 4.91. The van der Waals surface area contributed by atoms with Crippen LogP contribution in [0.2, 0.25) is 0 Å². The van der Waals surface area contributed by atoms with Crippen molar-refractivity contribution < 1.29 is 13.2 Å². The van der Waals surface area contributed by atoms with Crippen LogP contribution in [0.5, 0.6) is 0 Å². The van der Waals surface area contributed by atoms with Gasteiger partial charge < -0.3 is 5.73 Å². The summed E-state index contributed by atoms with van der Waals surface area (Å²) in [5.74, 6) is -0.268. The van der Waals surface area contributed by atoms with Crippen LogP contribution in [0.4, 0.5) is 5.69 Å². The van der Waals surface area contributed by atoms with Gasteiger partial charge >= 0.3 is 0 Å². The summed E-state index contributed by atoms with van der Waals surface area (Å²) in [6.45, 7) is 0. The Balaban J connectivity index is 1.92. The number of ketones is 1. The van der Waals surface area contributed by atoms with E-state index in [2.05, 4.69) is 22.0 Å². The van der Waals surface area contributed by atoms with Gasteiger partial charge in [0.25, 0.3) is 0 Å². The van der Waals surface area contributed by atoms with Crippen LogP contribution in [0.15, 0.2) is 67.7 Å². The number of carbonyl (C=O) groups is 1. The van der Waals surface area contributed by atoms with Crippen LogP contribution in [-0.2, 0) is 14.8 Å². The molecule has 2 heterocycles. The lowest BCUT2D eigenvalue weighted by molar-refractivity contribution is -0.116. The van der Waals surface area contributed by atoms with Crippen molar-refractivity contribution >= 4 is 48.8 Å². The van der Waals surface area contributed by atoms with Gasteiger partial charge in [0, 0.05) is 28.3 Å². The van der Waals surface area contributed by atoms with Crippen LogP contribution in [0, 0.1) is 11.3 Å². The van der Waals surface area contributed by atoms with Gasteiger partial charge in [0.1, 0.15) is 5.82 Å². The molecule has 30 heavy (non-hydrogen) atoms. The van der Waals surface area contributed by atoms with Crippen molar-refractivity contribution in [3.63, 3.8) is 0 Å². The number of hydrogen-bond donors (Lipinski definition) is 2. The molecule has 0 radical (unpaired) electrons. The quantitative estimate of drug-likeness (QED) is 0.657. The summed E-state index contributed by atoms with van der Waals surface area (Å²) in [6.07, 6.45) is 1.72. The Labute approximate surface area is 186 Å². The van der Waals surface area contributed by atoms with Gasteiger partial charge in [-0.25, -0.2) is 13.6 Å². The molecule has 7 nitrogen and oxygen atoms in total. The van der Waals surface area contributed by atoms with Crippen LogP contribution < -0.4 is 15.8 Å². The van der Waals surface area contributed by atoms with E-state index in [1.165, 1.54) is 23.5 Å². The van der Waals surface area contributed by atoms with Gasteiger partial charge in [0.05, 0.1) is 26.2 Å². The van der Waals surface area contributed by atoms with Crippen LogP contribution in [-0.4, -0.2) is 14.2 Å². The minimum absolute atomic E-state index is 0.00261. The van der Waals surface area contributed by atoms with Crippen molar-refractivity contribution in [1.82, 2.24) is 0 Å². The van der Waals surface area contributed by atoms with Gasteiger partial charge in [-0.1, -0.05) is 0 Å². The Bertz CT molecular complexity index is 1250. The average molecular weight is 505 g/mol. The Morgan fingerprint density at radius 2 is 1.87 bits per heavy atom. The monoisotopic (exact) mass is 504 g/mol. The lowest BCUT2D eigenvalue weighted by atomic mass is 9.78. The van der Waals surface area contributed by atoms with E-state index in [0.717, 1.165) is 14.4 Å². The Hall–Kier alpha value is -2.45. The first-order valence-electron chi connectivity index (χ1n) is 9.06. The number of allylic oxidation sites excluding steroid dienone is 3. The third-order valence-electron chi connectivity index (χ3n) is 5.22. The average Bonchev–Trinajstić information content (AvgIpc) is 3.13. The third kappa shape index (κ3) is 3.48. The molecule has 1 atom stereocenters. The number of sulfonamides is 1. The number of Topliss-reactive ketones (excluding diaryl/α,β-unsaturated/α-hetero) is 1. The first-order valence-corrected chi connectivity index (χ1v) is 12.2. The third-order valence-corrected chi connectivity index (χ3v) is 7.83. The number of hydrogen-bond acceptors (Lipinski definition) is 7. The number of anilines is 1. The van der Waals surface area contributed by atoms with E-state index < -0.39 is 15.9 Å². The van der Waals surface area contributed by atoms with Crippen molar-refractivity contribution in [3.8, 4) is 6.07 Å². The number of benzene rings is 1. The summed E-state index contributed by atoms with van der Waals surface area (Å²) < 4.78 is 24.1. The number of halogens is 1. The lowest BCUT2D eigenvalue weighted by Gasteiger charge is -2.39. The molecular weight excluding hydrogens is 488 g/mol. The van der Waals surface area contributed by atoms with E-state index >= 15 is 0 Å². The molecule has 4 N–H and O–H groups in total. The summed E-state index contributed by atoms with van der Waals surface area (Å²) in [4.78, 5) is 15.5. The predicted molar refractivity (Wildman–Crippen MR) is 118 cm³/mol. The highest BCUT2D eigenvalue weighted by atomic mass is 79.9. The van der Waals surface area contributed by atoms with Crippen LogP contribution >= 0.6 is 27.3 Å². The van der Waals surface area contributed by atoms with Gasteiger partial charge in [-0.3, -0.25) is 9.69 Å². The normalized spacial score (nSPS) is 19.7. The van der Waals surface area contributed by atoms with E-state index in [9.17, 15) is 18.5 Å². The number of thiophene rings is 1. The van der Waals surface area contributed by atoms with Crippen LogP contribution in [0.25, 0.3) is 0 Å². The molecule has 0 saturated heterocycles. The number of rotatable bonds is 3. The minimum atomic E-state index is -3.84. The zero-order valence-electron chi connectivity index (χ0n) is 15.6.